The molecule has 2 aromatic carbocycles. The van der Waals surface area contributed by atoms with Crippen molar-refractivity contribution in [3.63, 3.8) is 0 Å². The van der Waals surface area contributed by atoms with Crippen LogP contribution < -0.4 is 0 Å². The van der Waals surface area contributed by atoms with Gasteiger partial charge in [-0.05, 0) is 71.1 Å². The van der Waals surface area contributed by atoms with Crippen molar-refractivity contribution in [1.29, 1.82) is 0 Å². The lowest BCUT2D eigenvalue weighted by Crippen LogP contribution is -2.45. The minimum atomic E-state index is -4.11. The van der Waals surface area contributed by atoms with Crippen LogP contribution in [0.4, 0.5) is 4.79 Å². The van der Waals surface area contributed by atoms with Gasteiger partial charge in [0.1, 0.15) is 5.60 Å². The molecule has 6 nitrogen and oxygen atoms in total. The van der Waals surface area contributed by atoms with Crippen molar-refractivity contribution in [3.8, 4) is 0 Å². The van der Waals surface area contributed by atoms with E-state index in [1.807, 2.05) is 58.0 Å². The van der Waals surface area contributed by atoms with Gasteiger partial charge in [0.05, 0.1) is 18.4 Å². The van der Waals surface area contributed by atoms with Crippen LogP contribution in [0.1, 0.15) is 59.1 Å². The molecule has 1 unspecified atom stereocenters. The van der Waals surface area contributed by atoms with E-state index in [2.05, 4.69) is 0 Å². The SMILES string of the molecule is [2H]C(C)(OS(=O)(=O)c1ccc(C)cc1)[C@@H]1CCN(C(=O)OC(C)(C)C)[C@H](c2ccccc2)C1. The van der Waals surface area contributed by atoms with Gasteiger partial charge in [0.25, 0.3) is 10.1 Å². The first-order chi connectivity index (χ1) is 15.3. The Kier molecular flexibility index (Phi) is 6.86. The predicted octanol–water partition coefficient (Wildman–Crippen LogP) is 5.48. The highest BCUT2D eigenvalue weighted by Gasteiger charge is 2.38. The Morgan fingerprint density at radius 2 is 1.75 bits per heavy atom. The molecule has 7 heteroatoms. The van der Waals surface area contributed by atoms with Crippen LogP contribution in [0.5, 0.6) is 0 Å². The molecule has 3 atom stereocenters. The third-order valence-corrected chi connectivity index (χ3v) is 6.87. The smallest absolute Gasteiger partial charge is 0.410 e. The zero-order chi connectivity index (χ0) is 24.4. The molecule has 1 fully saturated rings. The summed E-state index contributed by atoms with van der Waals surface area (Å²) in [4.78, 5) is 14.6. The monoisotopic (exact) mass is 460 g/mol. The van der Waals surface area contributed by atoms with Gasteiger partial charge in [-0.3, -0.25) is 4.18 Å². The summed E-state index contributed by atoms with van der Waals surface area (Å²) in [7, 11) is -4.11. The molecule has 0 spiro atoms. The molecule has 1 aliphatic heterocycles. The maximum Gasteiger partial charge on any atom is 0.410 e. The molecule has 1 amide bonds. The fourth-order valence-corrected chi connectivity index (χ4v) is 4.91. The lowest BCUT2D eigenvalue weighted by atomic mass is 9.84. The van der Waals surface area contributed by atoms with Crippen molar-refractivity contribution in [3.05, 3.63) is 65.7 Å². The molecule has 2 aromatic rings. The number of piperidine rings is 1. The van der Waals surface area contributed by atoms with Gasteiger partial charge in [-0.25, -0.2) is 4.79 Å². The molecule has 0 bridgehead atoms. The Labute approximate surface area is 193 Å². The number of carbonyl (C=O) groups excluding carboxylic acids is 1. The van der Waals surface area contributed by atoms with E-state index in [0.717, 1.165) is 11.1 Å². The van der Waals surface area contributed by atoms with Crippen LogP contribution in [-0.2, 0) is 19.0 Å². The van der Waals surface area contributed by atoms with Gasteiger partial charge < -0.3 is 9.64 Å². The number of likely N-dealkylation sites (tertiary alicyclic amines) is 1. The summed E-state index contributed by atoms with van der Waals surface area (Å²) in [6.07, 6.45) is -1.32. The summed E-state index contributed by atoms with van der Waals surface area (Å²) in [6.45, 7) is 9.14. The van der Waals surface area contributed by atoms with Gasteiger partial charge in [-0.15, -0.1) is 0 Å². The second-order valence-electron chi connectivity index (χ2n) is 9.28. The van der Waals surface area contributed by atoms with E-state index in [0.29, 0.717) is 19.4 Å². The maximum absolute atomic E-state index is 12.9. The van der Waals surface area contributed by atoms with Gasteiger partial charge >= 0.3 is 6.09 Å². The van der Waals surface area contributed by atoms with E-state index in [1.54, 1.807) is 17.0 Å². The van der Waals surface area contributed by atoms with E-state index < -0.39 is 33.8 Å². The lowest BCUT2D eigenvalue weighted by molar-refractivity contribution is -0.00465. The highest BCUT2D eigenvalue weighted by atomic mass is 32.2. The van der Waals surface area contributed by atoms with Crippen molar-refractivity contribution < 1.29 is 23.5 Å². The Morgan fingerprint density at radius 1 is 1.12 bits per heavy atom. The zero-order valence-electron chi connectivity index (χ0n) is 20.4. The van der Waals surface area contributed by atoms with E-state index >= 15 is 0 Å². The fraction of sp³-hybridized carbons (Fsp3) is 0.480. The van der Waals surface area contributed by atoms with E-state index in [1.165, 1.54) is 19.1 Å². The Bertz CT molecular complexity index is 1060. The average Bonchev–Trinajstić information content (AvgIpc) is 2.72. The normalized spacial score (nSPS) is 22.0. The highest BCUT2D eigenvalue weighted by molar-refractivity contribution is 7.86. The number of amides is 1. The molecule has 32 heavy (non-hydrogen) atoms. The average molecular weight is 461 g/mol. The number of hydrogen-bond donors (Lipinski definition) is 0. The van der Waals surface area contributed by atoms with Gasteiger partial charge in [-0.1, -0.05) is 48.0 Å². The highest BCUT2D eigenvalue weighted by Crippen LogP contribution is 2.38. The number of hydrogen-bond acceptors (Lipinski definition) is 5. The first-order valence-electron chi connectivity index (χ1n) is 11.4. The van der Waals surface area contributed by atoms with Crippen LogP contribution in [0.25, 0.3) is 0 Å². The standard InChI is InChI=1S/C25H33NO5S/c1-18-11-13-22(14-12-18)32(28,29)31-19(2)21-15-16-26(24(27)30-25(3,4)5)23(17-21)20-9-7-6-8-10-20/h6-14,19,21,23H,15-17H2,1-5H3/t19?,21-,23+/m1/s1/i19D. The zero-order valence-corrected chi connectivity index (χ0v) is 20.2. The molecule has 174 valence electrons. The first-order valence-corrected chi connectivity index (χ1v) is 12.3. The van der Waals surface area contributed by atoms with Crippen LogP contribution in [-0.4, -0.2) is 37.6 Å². The number of aryl methyl sites for hydroxylation is 1. The Balaban J connectivity index is 1.84. The molecule has 1 aliphatic rings. The molecule has 0 radical (unpaired) electrons. The fourth-order valence-electron chi connectivity index (χ4n) is 3.86. The molecule has 1 saturated heterocycles. The summed E-state index contributed by atoms with van der Waals surface area (Å²) in [5, 5.41) is 0. The topological polar surface area (TPSA) is 72.9 Å². The van der Waals surface area contributed by atoms with Crippen molar-refractivity contribution in [2.24, 2.45) is 5.92 Å². The third kappa shape index (κ3) is 6.11. The van der Waals surface area contributed by atoms with Crippen LogP contribution in [0, 0.1) is 12.8 Å². The van der Waals surface area contributed by atoms with Crippen molar-refractivity contribution >= 4 is 16.2 Å². The Hall–Kier alpha value is -2.38. The van der Waals surface area contributed by atoms with E-state index in [-0.39, 0.29) is 10.9 Å². The van der Waals surface area contributed by atoms with Crippen LogP contribution in [0.2, 0.25) is 0 Å². The van der Waals surface area contributed by atoms with Crippen LogP contribution in [0.15, 0.2) is 59.5 Å². The van der Waals surface area contributed by atoms with Crippen LogP contribution >= 0.6 is 0 Å². The third-order valence-electron chi connectivity index (χ3n) is 5.54. The minimum absolute atomic E-state index is 0.0253. The van der Waals surface area contributed by atoms with E-state index in [9.17, 15) is 13.2 Å². The molecule has 0 saturated carbocycles. The van der Waals surface area contributed by atoms with Crippen molar-refractivity contribution in [1.82, 2.24) is 4.90 Å². The number of nitrogens with zero attached hydrogens (tertiary/aromatic N) is 1. The van der Waals surface area contributed by atoms with Gasteiger partial charge in [0, 0.05) is 6.54 Å². The minimum Gasteiger partial charge on any atom is -0.444 e. The summed E-state index contributed by atoms with van der Waals surface area (Å²) in [5.74, 6) is -0.415. The van der Waals surface area contributed by atoms with Gasteiger partial charge in [0.15, 0.2) is 0 Å². The molecule has 0 N–H and O–H groups in total. The summed E-state index contributed by atoms with van der Waals surface area (Å²) in [5.41, 5.74) is 1.21. The largest absolute Gasteiger partial charge is 0.444 e. The van der Waals surface area contributed by atoms with Crippen molar-refractivity contribution in [2.45, 2.75) is 70.1 Å². The summed E-state index contributed by atoms with van der Waals surface area (Å²) < 4.78 is 45.6. The Morgan fingerprint density at radius 3 is 2.34 bits per heavy atom. The summed E-state index contributed by atoms with van der Waals surface area (Å²) in [6, 6.07) is 15.5. The van der Waals surface area contributed by atoms with Gasteiger partial charge in [-0.2, -0.15) is 8.42 Å². The van der Waals surface area contributed by atoms with Crippen LogP contribution in [0.3, 0.4) is 0 Å². The predicted molar refractivity (Wildman–Crippen MR) is 124 cm³/mol. The molecule has 1 heterocycles. The molecule has 0 aromatic heterocycles. The molecule has 0 aliphatic carbocycles. The first kappa shape index (κ1) is 22.8. The van der Waals surface area contributed by atoms with E-state index in [4.69, 9.17) is 10.3 Å². The number of ether oxygens (including phenoxy) is 1. The second kappa shape index (κ2) is 9.63. The van der Waals surface area contributed by atoms with Crippen molar-refractivity contribution in [2.75, 3.05) is 6.54 Å². The number of carbonyl (C=O) groups is 1. The number of benzene rings is 2. The molecular weight excluding hydrogens is 426 g/mol. The molecule has 3 rings (SSSR count). The quantitative estimate of drug-likeness (QED) is 0.553. The number of rotatable bonds is 5. The van der Waals surface area contributed by atoms with Gasteiger partial charge in [0.2, 0.25) is 0 Å². The maximum atomic E-state index is 12.9. The second-order valence-corrected chi connectivity index (χ2v) is 10.8. The summed E-state index contributed by atoms with van der Waals surface area (Å²) >= 11 is 0. The lowest BCUT2D eigenvalue weighted by Gasteiger charge is -2.41. The molecular formula is C25H33NO5S.